The first-order valence-corrected chi connectivity index (χ1v) is 6.46. The van der Waals surface area contributed by atoms with Crippen LogP contribution in [0.1, 0.15) is 62.2 Å². The van der Waals surface area contributed by atoms with Crippen LogP contribution in [-0.2, 0) is 11.2 Å². The fourth-order valence-corrected chi connectivity index (χ4v) is 3.03. The number of rotatable bonds is 1. The second-order valence-electron chi connectivity index (χ2n) is 5.25. The van der Waals surface area contributed by atoms with E-state index >= 15 is 0 Å². The van der Waals surface area contributed by atoms with Crippen molar-refractivity contribution in [1.29, 1.82) is 0 Å². The molecule has 1 N–H and O–H groups in total. The first-order chi connectivity index (χ1) is 7.75. The Labute approximate surface area is 96.6 Å². The molecule has 0 radical (unpaired) electrons. The minimum Gasteiger partial charge on any atom is -0.378 e. The van der Waals surface area contributed by atoms with Gasteiger partial charge in [0.2, 0.25) is 0 Å². The summed E-state index contributed by atoms with van der Waals surface area (Å²) in [7, 11) is 0. The Balaban J connectivity index is 1.91. The summed E-state index contributed by atoms with van der Waals surface area (Å²) in [5, 5.41) is 0. The van der Waals surface area contributed by atoms with Crippen molar-refractivity contribution in [3.63, 3.8) is 0 Å². The standard InChI is InChI=1S/C13H20N2O/c1-8-4-3-5-11-12(8)15-13(14-11)10-6-7-16-9(10)2/h8-10H,3-7H2,1-2H3,(H,14,15). The van der Waals surface area contributed by atoms with Gasteiger partial charge in [-0.05, 0) is 32.6 Å². The van der Waals surface area contributed by atoms with Crippen LogP contribution in [0.2, 0.25) is 0 Å². The lowest BCUT2D eigenvalue weighted by atomic mass is 9.92. The maximum absolute atomic E-state index is 5.62. The minimum atomic E-state index is 0.322. The summed E-state index contributed by atoms with van der Waals surface area (Å²) in [5.41, 5.74) is 2.70. The molecule has 3 atom stereocenters. The van der Waals surface area contributed by atoms with E-state index in [4.69, 9.17) is 9.72 Å². The summed E-state index contributed by atoms with van der Waals surface area (Å²) >= 11 is 0. The number of aromatic amines is 1. The monoisotopic (exact) mass is 220 g/mol. The smallest absolute Gasteiger partial charge is 0.112 e. The van der Waals surface area contributed by atoms with Crippen LogP contribution in [0.15, 0.2) is 0 Å². The van der Waals surface area contributed by atoms with Gasteiger partial charge in [-0.2, -0.15) is 0 Å². The average molecular weight is 220 g/mol. The molecule has 2 aliphatic rings. The molecule has 88 valence electrons. The van der Waals surface area contributed by atoms with E-state index in [9.17, 15) is 0 Å². The number of ether oxygens (including phenoxy) is 1. The molecule has 3 unspecified atom stereocenters. The van der Waals surface area contributed by atoms with E-state index in [1.54, 1.807) is 0 Å². The first kappa shape index (κ1) is 10.3. The molecule has 1 fully saturated rings. The van der Waals surface area contributed by atoms with Crippen molar-refractivity contribution < 1.29 is 4.74 Å². The third-order valence-electron chi connectivity index (χ3n) is 4.09. The zero-order valence-electron chi connectivity index (χ0n) is 10.1. The van der Waals surface area contributed by atoms with Gasteiger partial charge in [-0.3, -0.25) is 0 Å². The van der Waals surface area contributed by atoms with E-state index in [-0.39, 0.29) is 0 Å². The molecule has 2 heterocycles. The highest BCUT2D eigenvalue weighted by molar-refractivity contribution is 5.23. The SMILES string of the molecule is CC1CCCc2[nH]c(C3CCOC3C)nc21. The van der Waals surface area contributed by atoms with E-state index < -0.39 is 0 Å². The number of H-pyrrole nitrogens is 1. The minimum absolute atomic E-state index is 0.322. The van der Waals surface area contributed by atoms with E-state index in [2.05, 4.69) is 18.8 Å². The van der Waals surface area contributed by atoms with Gasteiger partial charge in [0, 0.05) is 24.1 Å². The molecule has 0 saturated carbocycles. The van der Waals surface area contributed by atoms with Gasteiger partial charge < -0.3 is 9.72 Å². The number of nitrogens with zero attached hydrogens (tertiary/aromatic N) is 1. The highest BCUT2D eigenvalue weighted by atomic mass is 16.5. The molecule has 1 aliphatic heterocycles. The Morgan fingerprint density at radius 1 is 1.31 bits per heavy atom. The Morgan fingerprint density at radius 3 is 2.88 bits per heavy atom. The van der Waals surface area contributed by atoms with Crippen LogP contribution < -0.4 is 0 Å². The number of aromatic nitrogens is 2. The predicted molar refractivity (Wildman–Crippen MR) is 62.7 cm³/mol. The van der Waals surface area contributed by atoms with Gasteiger partial charge >= 0.3 is 0 Å². The Morgan fingerprint density at radius 2 is 2.19 bits per heavy atom. The summed E-state index contributed by atoms with van der Waals surface area (Å²) in [6.45, 7) is 5.33. The number of hydrogen-bond donors (Lipinski definition) is 1. The Kier molecular flexibility index (Phi) is 2.51. The summed E-state index contributed by atoms with van der Waals surface area (Å²) in [5.74, 6) is 2.29. The predicted octanol–water partition coefficient (Wildman–Crippen LogP) is 2.74. The molecular formula is C13H20N2O. The summed E-state index contributed by atoms with van der Waals surface area (Å²) < 4.78 is 5.62. The maximum atomic E-state index is 5.62. The highest BCUT2D eigenvalue weighted by Gasteiger charge is 2.30. The van der Waals surface area contributed by atoms with Crippen LogP contribution in [0.3, 0.4) is 0 Å². The van der Waals surface area contributed by atoms with Crippen LogP contribution in [0.4, 0.5) is 0 Å². The third kappa shape index (κ3) is 1.58. The van der Waals surface area contributed by atoms with Gasteiger partial charge in [0.15, 0.2) is 0 Å². The van der Waals surface area contributed by atoms with Crippen LogP contribution >= 0.6 is 0 Å². The fraction of sp³-hybridized carbons (Fsp3) is 0.769. The van der Waals surface area contributed by atoms with E-state index in [1.807, 2.05) is 0 Å². The van der Waals surface area contributed by atoms with Crippen LogP contribution in [-0.4, -0.2) is 22.7 Å². The van der Waals surface area contributed by atoms with Crippen LogP contribution in [0, 0.1) is 0 Å². The van der Waals surface area contributed by atoms with Crippen LogP contribution in [0.25, 0.3) is 0 Å². The van der Waals surface area contributed by atoms with Gasteiger partial charge in [-0.1, -0.05) is 6.92 Å². The van der Waals surface area contributed by atoms with Gasteiger partial charge in [0.25, 0.3) is 0 Å². The molecule has 3 heteroatoms. The molecule has 1 aromatic heterocycles. The van der Waals surface area contributed by atoms with Crippen molar-refractivity contribution in [2.24, 2.45) is 0 Å². The fourth-order valence-electron chi connectivity index (χ4n) is 3.03. The molecule has 0 aromatic carbocycles. The van der Waals surface area contributed by atoms with Gasteiger partial charge in [0.05, 0.1) is 11.8 Å². The molecule has 0 amide bonds. The molecule has 0 bridgehead atoms. The molecule has 3 rings (SSSR count). The molecule has 1 aromatic rings. The second-order valence-corrected chi connectivity index (χ2v) is 5.25. The summed E-state index contributed by atoms with van der Waals surface area (Å²) in [6.07, 6.45) is 5.19. The molecule has 1 aliphatic carbocycles. The van der Waals surface area contributed by atoms with Gasteiger partial charge in [-0.15, -0.1) is 0 Å². The largest absolute Gasteiger partial charge is 0.378 e. The van der Waals surface area contributed by atoms with Crippen molar-refractivity contribution in [2.45, 2.75) is 57.5 Å². The summed E-state index contributed by atoms with van der Waals surface area (Å²) in [4.78, 5) is 8.37. The average Bonchev–Trinajstić information content (AvgIpc) is 2.84. The number of aryl methyl sites for hydroxylation is 1. The Hall–Kier alpha value is -0.830. The number of nitrogens with one attached hydrogen (secondary N) is 1. The van der Waals surface area contributed by atoms with Gasteiger partial charge in [-0.25, -0.2) is 4.98 Å². The Bertz CT molecular complexity index is 385. The second kappa shape index (κ2) is 3.88. The first-order valence-electron chi connectivity index (χ1n) is 6.46. The molecule has 0 spiro atoms. The third-order valence-corrected chi connectivity index (χ3v) is 4.09. The van der Waals surface area contributed by atoms with E-state index in [0.29, 0.717) is 17.9 Å². The quantitative estimate of drug-likeness (QED) is 0.790. The molecule has 3 nitrogen and oxygen atoms in total. The highest BCUT2D eigenvalue weighted by Crippen LogP contribution is 2.34. The van der Waals surface area contributed by atoms with Crippen molar-refractivity contribution in [2.75, 3.05) is 6.61 Å². The molecular weight excluding hydrogens is 200 g/mol. The van der Waals surface area contributed by atoms with Crippen molar-refractivity contribution in [3.05, 3.63) is 17.2 Å². The normalized spacial score (nSPS) is 34.0. The van der Waals surface area contributed by atoms with Crippen molar-refractivity contribution >= 4 is 0 Å². The molecule has 1 saturated heterocycles. The lowest BCUT2D eigenvalue weighted by molar-refractivity contribution is 0.117. The van der Waals surface area contributed by atoms with Crippen molar-refractivity contribution in [1.82, 2.24) is 9.97 Å². The topological polar surface area (TPSA) is 37.9 Å². The zero-order chi connectivity index (χ0) is 11.1. The van der Waals surface area contributed by atoms with Gasteiger partial charge in [0.1, 0.15) is 5.82 Å². The van der Waals surface area contributed by atoms with E-state index in [0.717, 1.165) is 13.0 Å². The molecule has 16 heavy (non-hydrogen) atoms. The number of imidazole rings is 1. The van der Waals surface area contributed by atoms with Crippen molar-refractivity contribution in [3.8, 4) is 0 Å². The number of fused-ring (bicyclic) bond motifs is 1. The summed E-state index contributed by atoms with van der Waals surface area (Å²) in [6, 6.07) is 0. The number of hydrogen-bond acceptors (Lipinski definition) is 2. The van der Waals surface area contributed by atoms with Crippen LogP contribution in [0.5, 0.6) is 0 Å². The maximum Gasteiger partial charge on any atom is 0.112 e. The lowest BCUT2D eigenvalue weighted by Gasteiger charge is -2.15. The lowest BCUT2D eigenvalue weighted by Crippen LogP contribution is -2.10. The zero-order valence-corrected chi connectivity index (χ0v) is 10.1. The van der Waals surface area contributed by atoms with E-state index in [1.165, 1.54) is 36.5 Å².